The van der Waals surface area contributed by atoms with E-state index >= 15 is 0 Å². The lowest BCUT2D eigenvalue weighted by atomic mass is 10.1. The molecule has 0 radical (unpaired) electrons. The Balaban J connectivity index is 2.14. The van der Waals surface area contributed by atoms with Crippen molar-refractivity contribution < 1.29 is 9.53 Å². The molecule has 0 aliphatic carbocycles. The van der Waals surface area contributed by atoms with E-state index in [9.17, 15) is 4.79 Å². The summed E-state index contributed by atoms with van der Waals surface area (Å²) in [6.07, 6.45) is 0.166. The molecule has 0 aliphatic heterocycles. The number of nitrogens with one attached hydrogen (secondary N) is 1. The van der Waals surface area contributed by atoms with Crippen molar-refractivity contribution in [1.82, 2.24) is 0 Å². The van der Waals surface area contributed by atoms with Crippen LogP contribution in [0.3, 0.4) is 0 Å². The van der Waals surface area contributed by atoms with Crippen molar-refractivity contribution in [2.75, 3.05) is 18.2 Å². The molecule has 0 saturated heterocycles. The van der Waals surface area contributed by atoms with Crippen LogP contribution in [0.4, 0.5) is 11.4 Å². The molecule has 0 aromatic heterocycles. The number of benzene rings is 2. The highest BCUT2D eigenvalue weighted by molar-refractivity contribution is 5.94. The van der Waals surface area contributed by atoms with Gasteiger partial charge in [0.1, 0.15) is 11.8 Å². The Morgan fingerprint density at radius 1 is 1.33 bits per heavy atom. The van der Waals surface area contributed by atoms with Gasteiger partial charge < -0.3 is 15.8 Å². The number of rotatable bonds is 4. The molecule has 0 bridgehead atoms. The smallest absolute Gasteiger partial charge is 0.228 e. The number of hydrogen-bond donors (Lipinski definition) is 2. The van der Waals surface area contributed by atoms with Gasteiger partial charge in [0, 0.05) is 11.3 Å². The molecule has 0 unspecified atom stereocenters. The highest BCUT2D eigenvalue weighted by atomic mass is 16.5. The molecule has 1 amide bonds. The number of nitriles is 1. The third kappa shape index (κ3) is 3.51. The first-order valence-corrected chi connectivity index (χ1v) is 6.35. The number of amides is 1. The molecule has 5 nitrogen and oxygen atoms in total. The Kier molecular flexibility index (Phi) is 4.42. The van der Waals surface area contributed by atoms with E-state index in [0.717, 1.165) is 5.56 Å². The molecular formula is C16H15N3O2. The third-order valence-corrected chi connectivity index (χ3v) is 2.98. The highest BCUT2D eigenvalue weighted by Crippen LogP contribution is 2.20. The van der Waals surface area contributed by atoms with Crippen LogP contribution in [-0.2, 0) is 11.2 Å². The van der Waals surface area contributed by atoms with Crippen LogP contribution in [0.1, 0.15) is 11.1 Å². The minimum atomic E-state index is -0.222. The summed E-state index contributed by atoms with van der Waals surface area (Å²) in [6.45, 7) is 0. The van der Waals surface area contributed by atoms with E-state index in [4.69, 9.17) is 15.7 Å². The standard InChI is InChI=1S/C16H15N3O2/c1-21-15-5-3-2-4-11(15)9-16(20)19-14-7-6-13(18)8-12(14)10-17/h2-8H,9,18H2,1H3,(H,19,20). The summed E-state index contributed by atoms with van der Waals surface area (Å²) in [5.74, 6) is 0.436. The number of carbonyl (C=O) groups excluding carboxylic acids is 1. The van der Waals surface area contributed by atoms with Gasteiger partial charge in [-0.2, -0.15) is 5.26 Å². The average molecular weight is 281 g/mol. The number of nitrogens with two attached hydrogens (primary N) is 1. The number of nitrogen functional groups attached to an aromatic ring is 1. The van der Waals surface area contributed by atoms with E-state index in [1.54, 1.807) is 25.3 Å². The van der Waals surface area contributed by atoms with E-state index in [-0.39, 0.29) is 12.3 Å². The van der Waals surface area contributed by atoms with Gasteiger partial charge in [-0.15, -0.1) is 0 Å². The fraction of sp³-hybridized carbons (Fsp3) is 0.125. The van der Waals surface area contributed by atoms with Gasteiger partial charge in [0.05, 0.1) is 24.8 Å². The summed E-state index contributed by atoms with van der Waals surface area (Å²) in [4.78, 5) is 12.1. The normalized spacial score (nSPS) is 9.71. The first-order valence-electron chi connectivity index (χ1n) is 6.35. The number of anilines is 2. The number of carbonyl (C=O) groups is 1. The van der Waals surface area contributed by atoms with Crippen LogP contribution >= 0.6 is 0 Å². The zero-order valence-electron chi connectivity index (χ0n) is 11.6. The van der Waals surface area contributed by atoms with E-state index in [0.29, 0.717) is 22.7 Å². The van der Waals surface area contributed by atoms with Gasteiger partial charge >= 0.3 is 0 Å². The summed E-state index contributed by atoms with van der Waals surface area (Å²) in [6, 6.07) is 14.1. The third-order valence-electron chi connectivity index (χ3n) is 2.98. The molecule has 5 heteroatoms. The molecule has 2 rings (SSSR count). The molecule has 3 N–H and O–H groups in total. The van der Waals surface area contributed by atoms with E-state index in [2.05, 4.69) is 5.32 Å². The second-order valence-electron chi connectivity index (χ2n) is 4.45. The summed E-state index contributed by atoms with van der Waals surface area (Å²) >= 11 is 0. The summed E-state index contributed by atoms with van der Waals surface area (Å²) in [5.41, 5.74) is 7.67. The van der Waals surface area contributed by atoms with Gasteiger partial charge in [-0.3, -0.25) is 4.79 Å². The number of ether oxygens (including phenoxy) is 1. The molecule has 0 fully saturated rings. The van der Waals surface area contributed by atoms with Crippen LogP contribution in [0.5, 0.6) is 5.75 Å². The van der Waals surface area contributed by atoms with Gasteiger partial charge in [-0.1, -0.05) is 18.2 Å². The first-order chi connectivity index (χ1) is 10.1. The number of methoxy groups -OCH3 is 1. The van der Waals surface area contributed by atoms with Gasteiger partial charge in [0.2, 0.25) is 5.91 Å². The van der Waals surface area contributed by atoms with E-state index in [1.807, 2.05) is 24.3 Å². The predicted molar refractivity (Wildman–Crippen MR) is 80.9 cm³/mol. The average Bonchev–Trinajstić information content (AvgIpc) is 2.49. The molecule has 2 aromatic carbocycles. The topological polar surface area (TPSA) is 88.1 Å². The molecule has 0 aliphatic rings. The number of hydrogen-bond acceptors (Lipinski definition) is 4. The second kappa shape index (κ2) is 6.44. The van der Waals surface area contributed by atoms with Crippen LogP contribution in [0.2, 0.25) is 0 Å². The molecule has 0 heterocycles. The number of nitrogens with zero attached hydrogens (tertiary/aromatic N) is 1. The predicted octanol–water partition coefficient (Wildman–Crippen LogP) is 2.33. The maximum atomic E-state index is 12.1. The van der Waals surface area contributed by atoms with Crippen molar-refractivity contribution >= 4 is 17.3 Å². The van der Waals surface area contributed by atoms with E-state index in [1.165, 1.54) is 6.07 Å². The highest BCUT2D eigenvalue weighted by Gasteiger charge is 2.10. The fourth-order valence-electron chi connectivity index (χ4n) is 1.98. The molecule has 21 heavy (non-hydrogen) atoms. The number of para-hydroxylation sites is 1. The van der Waals surface area contributed by atoms with Gasteiger partial charge in [-0.05, 0) is 24.3 Å². The minimum Gasteiger partial charge on any atom is -0.496 e. The van der Waals surface area contributed by atoms with Crippen LogP contribution < -0.4 is 15.8 Å². The maximum absolute atomic E-state index is 12.1. The largest absolute Gasteiger partial charge is 0.496 e. The maximum Gasteiger partial charge on any atom is 0.228 e. The Bertz CT molecular complexity index is 705. The van der Waals surface area contributed by atoms with E-state index < -0.39 is 0 Å². The Labute approximate surface area is 123 Å². The lowest BCUT2D eigenvalue weighted by molar-refractivity contribution is -0.115. The summed E-state index contributed by atoms with van der Waals surface area (Å²) < 4.78 is 5.21. The van der Waals surface area contributed by atoms with Crippen LogP contribution in [0.25, 0.3) is 0 Å². The molecule has 2 aromatic rings. The van der Waals surface area contributed by atoms with Crippen molar-refractivity contribution in [2.45, 2.75) is 6.42 Å². The molecule has 0 spiro atoms. The Morgan fingerprint density at radius 3 is 2.81 bits per heavy atom. The second-order valence-corrected chi connectivity index (χ2v) is 4.45. The molecular weight excluding hydrogens is 266 g/mol. The van der Waals surface area contributed by atoms with Gasteiger partial charge in [0.25, 0.3) is 0 Å². The van der Waals surface area contributed by atoms with Crippen molar-refractivity contribution in [1.29, 1.82) is 5.26 Å². The monoisotopic (exact) mass is 281 g/mol. The zero-order chi connectivity index (χ0) is 15.2. The summed E-state index contributed by atoms with van der Waals surface area (Å²) in [7, 11) is 1.56. The van der Waals surface area contributed by atoms with Crippen molar-refractivity contribution in [3.8, 4) is 11.8 Å². The Morgan fingerprint density at radius 2 is 2.10 bits per heavy atom. The van der Waals surface area contributed by atoms with Crippen molar-refractivity contribution in [2.24, 2.45) is 0 Å². The molecule has 106 valence electrons. The zero-order valence-corrected chi connectivity index (χ0v) is 11.6. The van der Waals surface area contributed by atoms with Gasteiger partial charge in [0.15, 0.2) is 0 Å². The van der Waals surface area contributed by atoms with Crippen LogP contribution in [0.15, 0.2) is 42.5 Å². The van der Waals surface area contributed by atoms with Crippen LogP contribution in [-0.4, -0.2) is 13.0 Å². The SMILES string of the molecule is COc1ccccc1CC(=O)Nc1ccc(N)cc1C#N. The molecule has 0 atom stereocenters. The minimum absolute atomic E-state index is 0.166. The van der Waals surface area contributed by atoms with Crippen LogP contribution in [0, 0.1) is 11.3 Å². The Hall–Kier alpha value is -3.00. The quantitative estimate of drug-likeness (QED) is 0.842. The van der Waals surface area contributed by atoms with Crippen molar-refractivity contribution in [3.63, 3.8) is 0 Å². The van der Waals surface area contributed by atoms with Gasteiger partial charge in [-0.25, -0.2) is 0 Å². The summed E-state index contributed by atoms with van der Waals surface area (Å²) in [5, 5.41) is 11.8. The first kappa shape index (κ1) is 14.4. The van der Waals surface area contributed by atoms with Crippen molar-refractivity contribution in [3.05, 3.63) is 53.6 Å². The lowest BCUT2D eigenvalue weighted by Gasteiger charge is -2.10. The fourth-order valence-corrected chi connectivity index (χ4v) is 1.98. The molecule has 0 saturated carbocycles. The lowest BCUT2D eigenvalue weighted by Crippen LogP contribution is -2.15.